The van der Waals surface area contributed by atoms with Crippen molar-refractivity contribution in [3.05, 3.63) is 29.8 Å². The first kappa shape index (κ1) is 17.0. The molecule has 0 heterocycles. The smallest absolute Gasteiger partial charge is 0.291 e. The lowest BCUT2D eigenvalue weighted by molar-refractivity contribution is 0.0965. The van der Waals surface area contributed by atoms with Crippen molar-refractivity contribution in [1.29, 1.82) is 0 Å². The van der Waals surface area contributed by atoms with Gasteiger partial charge >= 0.3 is 0 Å². The molecule has 5 heteroatoms. The fraction of sp³-hybridized carbons (Fsp3) is 0.500. The number of rotatable bonds is 7. The predicted octanol–water partition coefficient (Wildman–Crippen LogP) is 3.01. The maximum absolute atomic E-state index is 12.2. The molecule has 0 aliphatic rings. The quantitative estimate of drug-likeness (QED) is 0.477. The van der Waals surface area contributed by atoms with Crippen molar-refractivity contribution in [2.75, 3.05) is 20.3 Å². The van der Waals surface area contributed by atoms with Gasteiger partial charge in [0.15, 0.2) is 0 Å². The van der Waals surface area contributed by atoms with Crippen LogP contribution in [0.15, 0.2) is 29.3 Å². The number of amides is 1. The van der Waals surface area contributed by atoms with Crippen LogP contribution < -0.4 is 10.1 Å². The van der Waals surface area contributed by atoms with E-state index < -0.39 is 0 Å². The standard InChI is InChI=1S/C16H24N2O3/c1-4-6-10-17-16(21-11-5-2)18-15(19)13-8-7-9-14(12-13)20-3/h7-9,12H,4-6,10-11H2,1-3H3,(H,17,18,19). The van der Waals surface area contributed by atoms with Gasteiger partial charge in [0.05, 0.1) is 13.7 Å². The van der Waals surface area contributed by atoms with Gasteiger partial charge in [-0.05, 0) is 31.0 Å². The fourth-order valence-electron chi connectivity index (χ4n) is 1.59. The van der Waals surface area contributed by atoms with E-state index in [0.29, 0.717) is 24.5 Å². The molecule has 0 fully saturated rings. The Morgan fingerprint density at radius 2 is 2.10 bits per heavy atom. The third-order valence-corrected chi connectivity index (χ3v) is 2.76. The lowest BCUT2D eigenvalue weighted by atomic mass is 10.2. The molecule has 0 saturated heterocycles. The van der Waals surface area contributed by atoms with Crippen LogP contribution in [-0.4, -0.2) is 32.2 Å². The molecule has 116 valence electrons. The van der Waals surface area contributed by atoms with E-state index in [-0.39, 0.29) is 11.9 Å². The summed E-state index contributed by atoms with van der Waals surface area (Å²) in [5.41, 5.74) is 0.512. The van der Waals surface area contributed by atoms with Gasteiger partial charge in [-0.3, -0.25) is 10.1 Å². The second-order valence-corrected chi connectivity index (χ2v) is 4.57. The van der Waals surface area contributed by atoms with Crippen LogP contribution in [0.3, 0.4) is 0 Å². The molecule has 1 aromatic rings. The summed E-state index contributed by atoms with van der Waals surface area (Å²) in [6, 6.07) is 7.26. The number of ether oxygens (including phenoxy) is 2. The van der Waals surface area contributed by atoms with Gasteiger partial charge in [-0.1, -0.05) is 26.3 Å². The number of methoxy groups -OCH3 is 1. The molecule has 0 bridgehead atoms. The van der Waals surface area contributed by atoms with E-state index in [1.54, 1.807) is 31.4 Å². The minimum absolute atomic E-state index is 0.250. The Morgan fingerprint density at radius 3 is 2.76 bits per heavy atom. The monoisotopic (exact) mass is 292 g/mol. The molecular formula is C16H24N2O3. The summed E-state index contributed by atoms with van der Waals surface area (Å²) in [5, 5.41) is 2.71. The number of nitrogens with one attached hydrogen (secondary N) is 1. The average molecular weight is 292 g/mol. The third-order valence-electron chi connectivity index (χ3n) is 2.76. The van der Waals surface area contributed by atoms with E-state index in [1.807, 2.05) is 6.92 Å². The van der Waals surface area contributed by atoms with Crippen LogP contribution >= 0.6 is 0 Å². The summed E-state index contributed by atoms with van der Waals surface area (Å²) in [6.45, 7) is 5.28. The lowest BCUT2D eigenvalue weighted by Crippen LogP contribution is -2.33. The summed E-state index contributed by atoms with van der Waals surface area (Å²) in [5.74, 6) is 0.391. The third kappa shape index (κ3) is 6.29. The SMILES string of the molecule is CCCCN=C(NC(=O)c1cccc(OC)c1)OCCC. The maximum Gasteiger partial charge on any atom is 0.291 e. The van der Waals surface area contributed by atoms with Crippen molar-refractivity contribution in [2.24, 2.45) is 4.99 Å². The van der Waals surface area contributed by atoms with Crippen LogP contribution in [0.1, 0.15) is 43.5 Å². The fourth-order valence-corrected chi connectivity index (χ4v) is 1.59. The number of carbonyl (C=O) groups is 1. The van der Waals surface area contributed by atoms with Crippen LogP contribution in [0.2, 0.25) is 0 Å². The lowest BCUT2D eigenvalue weighted by Gasteiger charge is -2.10. The number of aliphatic imine (C=N–C) groups is 1. The Labute approximate surface area is 126 Å². The van der Waals surface area contributed by atoms with E-state index in [4.69, 9.17) is 9.47 Å². The first-order chi connectivity index (χ1) is 10.2. The van der Waals surface area contributed by atoms with E-state index in [2.05, 4.69) is 17.2 Å². The summed E-state index contributed by atoms with van der Waals surface area (Å²) >= 11 is 0. The van der Waals surface area contributed by atoms with Crippen LogP contribution in [-0.2, 0) is 4.74 Å². The van der Waals surface area contributed by atoms with Crippen LogP contribution in [0.4, 0.5) is 0 Å². The Kier molecular flexibility index (Phi) is 7.94. The zero-order valence-corrected chi connectivity index (χ0v) is 13.0. The Balaban J connectivity index is 2.71. The molecule has 1 aromatic carbocycles. The average Bonchev–Trinajstić information content (AvgIpc) is 2.52. The summed E-state index contributed by atoms with van der Waals surface area (Å²) in [7, 11) is 1.57. The molecule has 0 radical (unpaired) electrons. The van der Waals surface area contributed by atoms with E-state index in [0.717, 1.165) is 19.3 Å². The zero-order valence-electron chi connectivity index (χ0n) is 13.0. The number of unbranched alkanes of at least 4 members (excludes halogenated alkanes) is 1. The van der Waals surface area contributed by atoms with Gasteiger partial charge in [0.1, 0.15) is 5.75 Å². The van der Waals surface area contributed by atoms with Gasteiger partial charge in [0.2, 0.25) is 0 Å². The largest absolute Gasteiger partial charge is 0.497 e. The van der Waals surface area contributed by atoms with Crippen molar-refractivity contribution >= 4 is 11.9 Å². The Hall–Kier alpha value is -2.04. The van der Waals surface area contributed by atoms with Crippen molar-refractivity contribution < 1.29 is 14.3 Å². The molecule has 0 aromatic heterocycles. The molecule has 1 rings (SSSR count). The minimum Gasteiger partial charge on any atom is -0.497 e. The highest BCUT2D eigenvalue weighted by Gasteiger charge is 2.10. The molecule has 0 aliphatic heterocycles. The van der Waals surface area contributed by atoms with Gasteiger partial charge in [-0.25, -0.2) is 4.99 Å². The number of hydrogen-bond acceptors (Lipinski definition) is 4. The molecule has 1 amide bonds. The first-order valence-electron chi connectivity index (χ1n) is 7.33. The van der Waals surface area contributed by atoms with E-state index in [9.17, 15) is 4.79 Å². The summed E-state index contributed by atoms with van der Waals surface area (Å²) in [4.78, 5) is 16.5. The van der Waals surface area contributed by atoms with Crippen molar-refractivity contribution in [2.45, 2.75) is 33.1 Å². The molecule has 1 N–H and O–H groups in total. The van der Waals surface area contributed by atoms with Gasteiger partial charge in [-0.2, -0.15) is 0 Å². The molecule has 5 nitrogen and oxygen atoms in total. The first-order valence-corrected chi connectivity index (χ1v) is 7.33. The second kappa shape index (κ2) is 9.80. The number of amidine groups is 1. The van der Waals surface area contributed by atoms with Gasteiger partial charge in [-0.15, -0.1) is 0 Å². The molecule has 21 heavy (non-hydrogen) atoms. The van der Waals surface area contributed by atoms with Crippen molar-refractivity contribution in [1.82, 2.24) is 5.32 Å². The highest BCUT2D eigenvalue weighted by Crippen LogP contribution is 2.12. The molecule has 0 atom stereocenters. The molecule has 0 aliphatic carbocycles. The number of hydrogen-bond donors (Lipinski definition) is 1. The van der Waals surface area contributed by atoms with Gasteiger partial charge < -0.3 is 9.47 Å². The maximum atomic E-state index is 12.2. The minimum atomic E-state index is -0.250. The molecular weight excluding hydrogens is 268 g/mol. The Morgan fingerprint density at radius 1 is 1.29 bits per heavy atom. The number of benzene rings is 1. The summed E-state index contributed by atoms with van der Waals surface area (Å²) in [6.07, 6.45) is 2.88. The normalized spacial score (nSPS) is 11.1. The van der Waals surface area contributed by atoms with Crippen molar-refractivity contribution in [3.63, 3.8) is 0 Å². The molecule has 0 saturated carbocycles. The molecule has 0 spiro atoms. The Bertz CT molecular complexity index is 472. The second-order valence-electron chi connectivity index (χ2n) is 4.57. The highest BCUT2D eigenvalue weighted by molar-refractivity contribution is 6.04. The zero-order chi connectivity index (χ0) is 15.5. The van der Waals surface area contributed by atoms with Crippen LogP contribution in [0.25, 0.3) is 0 Å². The van der Waals surface area contributed by atoms with Crippen LogP contribution in [0, 0.1) is 0 Å². The van der Waals surface area contributed by atoms with E-state index in [1.165, 1.54) is 0 Å². The molecule has 0 unspecified atom stereocenters. The number of nitrogens with zero attached hydrogens (tertiary/aromatic N) is 1. The topological polar surface area (TPSA) is 59.9 Å². The van der Waals surface area contributed by atoms with E-state index >= 15 is 0 Å². The highest BCUT2D eigenvalue weighted by atomic mass is 16.5. The van der Waals surface area contributed by atoms with Crippen molar-refractivity contribution in [3.8, 4) is 5.75 Å². The summed E-state index contributed by atoms with van der Waals surface area (Å²) < 4.78 is 10.6. The van der Waals surface area contributed by atoms with Gasteiger partial charge in [0.25, 0.3) is 11.9 Å². The number of carbonyl (C=O) groups excluding carboxylic acids is 1. The predicted molar refractivity (Wildman–Crippen MR) is 83.9 cm³/mol. The van der Waals surface area contributed by atoms with Gasteiger partial charge in [0, 0.05) is 12.1 Å². The van der Waals surface area contributed by atoms with Crippen LogP contribution in [0.5, 0.6) is 5.75 Å².